The zero-order chi connectivity index (χ0) is 15.9. The van der Waals surface area contributed by atoms with E-state index in [9.17, 15) is 14.6 Å². The molecule has 0 aromatic heterocycles. The number of halogens is 1. The summed E-state index contributed by atoms with van der Waals surface area (Å²) in [4.78, 5) is 2.21. The van der Waals surface area contributed by atoms with Gasteiger partial charge in [0.2, 0.25) is 0 Å². The molecule has 3 unspecified atom stereocenters. The smallest absolute Gasteiger partial charge is 0.128 e. The number of rotatable bonds is 8. The number of nitrogens with zero attached hydrogens (tertiary/aromatic N) is 1. The number of hydrogen-bond donors (Lipinski definition) is 2. The van der Waals surface area contributed by atoms with Gasteiger partial charge < -0.3 is 14.9 Å². The zero-order valence-corrected chi connectivity index (χ0v) is 13.1. The first-order valence-electron chi connectivity index (χ1n) is 7.97. The Bertz CT molecular complexity index is 455. The third kappa shape index (κ3) is 5.32. The predicted octanol–water partition coefficient (Wildman–Crippen LogP) is 1.94. The predicted molar refractivity (Wildman–Crippen MR) is 83.0 cm³/mol. The molecule has 0 amide bonds. The molecule has 0 aliphatic carbocycles. The average molecular weight is 311 g/mol. The van der Waals surface area contributed by atoms with E-state index in [1.807, 2.05) is 0 Å². The Hall–Kier alpha value is -1.01. The Morgan fingerprint density at radius 1 is 1.36 bits per heavy atom. The van der Waals surface area contributed by atoms with E-state index in [4.69, 9.17) is 4.74 Å². The second-order valence-electron chi connectivity index (χ2n) is 6.14. The lowest BCUT2D eigenvalue weighted by molar-refractivity contribution is 0.00396. The lowest BCUT2D eigenvalue weighted by atomic mass is 10.1. The molecule has 0 spiro atoms. The van der Waals surface area contributed by atoms with Crippen LogP contribution in [0, 0.1) is 5.82 Å². The van der Waals surface area contributed by atoms with E-state index in [1.54, 1.807) is 25.1 Å². The van der Waals surface area contributed by atoms with Crippen LogP contribution in [0.3, 0.4) is 0 Å². The zero-order valence-electron chi connectivity index (χ0n) is 13.1. The quantitative estimate of drug-likeness (QED) is 0.770. The molecular weight excluding hydrogens is 285 g/mol. The van der Waals surface area contributed by atoms with Crippen molar-refractivity contribution >= 4 is 0 Å². The first kappa shape index (κ1) is 17.3. The molecule has 5 heteroatoms. The number of hydrogen-bond acceptors (Lipinski definition) is 4. The minimum atomic E-state index is -0.596. The van der Waals surface area contributed by atoms with E-state index >= 15 is 0 Å². The molecule has 1 aromatic carbocycles. The summed E-state index contributed by atoms with van der Waals surface area (Å²) in [6.45, 7) is 3.63. The van der Waals surface area contributed by atoms with Crippen molar-refractivity contribution in [3.63, 3.8) is 0 Å². The molecule has 1 aliphatic heterocycles. The fourth-order valence-corrected chi connectivity index (χ4v) is 3.04. The van der Waals surface area contributed by atoms with Crippen molar-refractivity contribution in [2.75, 3.05) is 19.7 Å². The molecule has 2 N–H and O–H groups in total. The standard InChI is InChI=1S/C17H26FNO3/c1-13(20)9-15-6-4-8-19(15)10-16(21)12-22-11-14-5-2-3-7-17(14)18/h2-3,5,7,13,15-16,20-21H,4,6,8-12H2,1H3. The molecule has 1 saturated heterocycles. The van der Waals surface area contributed by atoms with Gasteiger partial charge in [-0.2, -0.15) is 0 Å². The van der Waals surface area contributed by atoms with Gasteiger partial charge >= 0.3 is 0 Å². The molecule has 1 aromatic rings. The fourth-order valence-electron chi connectivity index (χ4n) is 3.04. The van der Waals surface area contributed by atoms with Gasteiger partial charge in [-0.25, -0.2) is 4.39 Å². The van der Waals surface area contributed by atoms with Crippen LogP contribution in [0.5, 0.6) is 0 Å². The topological polar surface area (TPSA) is 52.9 Å². The van der Waals surface area contributed by atoms with Crippen LogP contribution in [0.1, 0.15) is 31.7 Å². The lowest BCUT2D eigenvalue weighted by Crippen LogP contribution is -2.39. The molecule has 0 bridgehead atoms. The third-order valence-corrected chi connectivity index (χ3v) is 4.08. The van der Waals surface area contributed by atoms with Crippen molar-refractivity contribution in [2.45, 2.75) is 51.0 Å². The monoisotopic (exact) mass is 311 g/mol. The largest absolute Gasteiger partial charge is 0.393 e. The van der Waals surface area contributed by atoms with Gasteiger partial charge in [-0.1, -0.05) is 18.2 Å². The molecule has 3 atom stereocenters. The van der Waals surface area contributed by atoms with Crippen molar-refractivity contribution in [2.24, 2.45) is 0 Å². The van der Waals surface area contributed by atoms with Crippen LogP contribution in [0.4, 0.5) is 4.39 Å². The van der Waals surface area contributed by atoms with Gasteiger partial charge in [-0.15, -0.1) is 0 Å². The van der Waals surface area contributed by atoms with Crippen LogP contribution >= 0.6 is 0 Å². The first-order valence-corrected chi connectivity index (χ1v) is 7.97. The van der Waals surface area contributed by atoms with Crippen molar-refractivity contribution in [3.8, 4) is 0 Å². The van der Waals surface area contributed by atoms with Gasteiger partial charge in [0.1, 0.15) is 5.82 Å². The maximum absolute atomic E-state index is 13.4. The van der Waals surface area contributed by atoms with E-state index in [-0.39, 0.29) is 25.1 Å². The molecule has 1 heterocycles. The van der Waals surface area contributed by atoms with Crippen molar-refractivity contribution in [1.82, 2.24) is 4.90 Å². The first-order chi connectivity index (χ1) is 10.6. The third-order valence-electron chi connectivity index (χ3n) is 4.08. The summed E-state index contributed by atoms with van der Waals surface area (Å²) in [6.07, 6.45) is 1.98. The van der Waals surface area contributed by atoms with Gasteiger partial charge in [-0.3, -0.25) is 4.90 Å². The highest BCUT2D eigenvalue weighted by Crippen LogP contribution is 2.21. The van der Waals surface area contributed by atoms with Crippen LogP contribution in [-0.4, -0.2) is 53.1 Å². The summed E-state index contributed by atoms with van der Waals surface area (Å²) < 4.78 is 18.9. The molecule has 0 saturated carbocycles. The van der Waals surface area contributed by atoms with Crippen LogP contribution in [0.15, 0.2) is 24.3 Å². The molecule has 22 heavy (non-hydrogen) atoms. The summed E-state index contributed by atoms with van der Waals surface area (Å²) in [5.74, 6) is -0.284. The number of benzene rings is 1. The molecule has 124 valence electrons. The minimum Gasteiger partial charge on any atom is -0.393 e. The highest BCUT2D eigenvalue weighted by atomic mass is 19.1. The molecule has 1 fully saturated rings. The van der Waals surface area contributed by atoms with Gasteiger partial charge in [0.25, 0.3) is 0 Å². The van der Waals surface area contributed by atoms with Crippen molar-refractivity contribution < 1.29 is 19.3 Å². The van der Waals surface area contributed by atoms with Crippen LogP contribution in [0.2, 0.25) is 0 Å². The van der Waals surface area contributed by atoms with Crippen LogP contribution < -0.4 is 0 Å². The summed E-state index contributed by atoms with van der Waals surface area (Å²) in [5, 5.41) is 19.6. The normalized spacial score (nSPS) is 21.9. The number of aliphatic hydroxyl groups excluding tert-OH is 2. The molecule has 1 aliphatic rings. The molecule has 0 radical (unpaired) electrons. The molecule has 4 nitrogen and oxygen atoms in total. The van der Waals surface area contributed by atoms with Gasteiger partial charge in [0.15, 0.2) is 0 Å². The molecular formula is C17H26FNO3. The summed E-state index contributed by atoms with van der Waals surface area (Å²) in [5.41, 5.74) is 0.503. The Morgan fingerprint density at radius 2 is 2.14 bits per heavy atom. The van der Waals surface area contributed by atoms with E-state index in [1.165, 1.54) is 6.07 Å². The minimum absolute atomic E-state index is 0.167. The fraction of sp³-hybridized carbons (Fsp3) is 0.647. The molecule has 2 rings (SSSR count). The lowest BCUT2D eigenvalue weighted by Gasteiger charge is -2.27. The summed E-state index contributed by atoms with van der Waals surface area (Å²) >= 11 is 0. The van der Waals surface area contributed by atoms with Crippen molar-refractivity contribution in [3.05, 3.63) is 35.6 Å². The van der Waals surface area contributed by atoms with Gasteiger partial charge in [0.05, 0.1) is 25.4 Å². The summed E-state index contributed by atoms with van der Waals surface area (Å²) in [6, 6.07) is 6.83. The van der Waals surface area contributed by atoms with E-state index < -0.39 is 6.10 Å². The number of β-amino-alcohol motifs (C(OH)–C–C–N with tert-alkyl or cyclic N) is 1. The Balaban J connectivity index is 1.71. The average Bonchev–Trinajstić information content (AvgIpc) is 2.87. The van der Waals surface area contributed by atoms with Crippen LogP contribution in [-0.2, 0) is 11.3 Å². The second-order valence-corrected chi connectivity index (χ2v) is 6.14. The van der Waals surface area contributed by atoms with E-state index in [2.05, 4.69) is 4.90 Å². The number of ether oxygens (including phenoxy) is 1. The second kappa shape index (κ2) is 8.58. The highest BCUT2D eigenvalue weighted by molar-refractivity contribution is 5.16. The Morgan fingerprint density at radius 3 is 2.86 bits per heavy atom. The highest BCUT2D eigenvalue weighted by Gasteiger charge is 2.27. The summed E-state index contributed by atoms with van der Waals surface area (Å²) in [7, 11) is 0. The Labute approximate surface area is 131 Å². The maximum atomic E-state index is 13.4. The Kier molecular flexibility index (Phi) is 6.76. The van der Waals surface area contributed by atoms with Gasteiger partial charge in [0, 0.05) is 18.2 Å². The van der Waals surface area contributed by atoms with Gasteiger partial charge in [-0.05, 0) is 38.8 Å². The van der Waals surface area contributed by atoms with E-state index in [0.717, 1.165) is 25.8 Å². The number of likely N-dealkylation sites (tertiary alicyclic amines) is 1. The van der Waals surface area contributed by atoms with Crippen molar-refractivity contribution in [1.29, 1.82) is 0 Å². The number of aliphatic hydroxyl groups is 2. The van der Waals surface area contributed by atoms with E-state index in [0.29, 0.717) is 18.2 Å². The SMILES string of the molecule is CC(O)CC1CCCN1CC(O)COCc1ccccc1F. The maximum Gasteiger partial charge on any atom is 0.128 e. The van der Waals surface area contributed by atoms with Crippen LogP contribution in [0.25, 0.3) is 0 Å².